The van der Waals surface area contributed by atoms with E-state index in [4.69, 9.17) is 19.7 Å². The summed E-state index contributed by atoms with van der Waals surface area (Å²) in [6.07, 6.45) is -22.4. The minimum absolute atomic E-state index is 0.802. The second-order valence-corrected chi connectivity index (χ2v) is 6.18. The lowest BCUT2D eigenvalue weighted by atomic mass is 9.92. The van der Waals surface area contributed by atoms with Gasteiger partial charge in [-0.15, -0.1) is 0 Å². The van der Waals surface area contributed by atoms with E-state index in [9.17, 15) is 35.1 Å². The van der Waals surface area contributed by atoms with Crippen LogP contribution in [0.5, 0.6) is 0 Å². The van der Waals surface area contributed by atoms with E-state index in [0.717, 1.165) is 21.0 Å². The number of nitrogens with one attached hydrogen (secondary N) is 1. The molecule has 162 valence electrons. The van der Waals surface area contributed by atoms with Gasteiger partial charge in [0.2, 0.25) is 5.91 Å². The summed E-state index contributed by atoms with van der Waals surface area (Å²) in [6, 6.07) is -1.87. The zero-order valence-electron chi connectivity index (χ0n) is 19.4. The molecule has 0 aromatic heterocycles. The number of aliphatic hydroxyl groups is 4. The van der Waals surface area contributed by atoms with Crippen molar-refractivity contribution >= 4 is 11.9 Å². The van der Waals surface area contributed by atoms with Crippen molar-refractivity contribution in [3.63, 3.8) is 0 Å². The number of amides is 1. The number of carboxylic acid groups (broad SMARTS) is 1. The van der Waals surface area contributed by atoms with Crippen LogP contribution in [0.15, 0.2) is 0 Å². The summed E-state index contributed by atoms with van der Waals surface area (Å²) in [4.78, 5) is 23.3. The molecule has 12 heteroatoms. The summed E-state index contributed by atoms with van der Waals surface area (Å²) in [5.41, 5.74) is 0. The van der Waals surface area contributed by atoms with Gasteiger partial charge in [0.25, 0.3) is 0 Å². The average Bonchev–Trinajstić information content (AvgIpc) is 2.69. The number of carbonyl (C=O) groups excluding carboxylic acids is 1. The average molecular weight is 413 g/mol. The van der Waals surface area contributed by atoms with Gasteiger partial charge in [-0.3, -0.25) is 4.79 Å². The van der Waals surface area contributed by atoms with Crippen molar-refractivity contribution in [3.05, 3.63) is 0 Å². The van der Waals surface area contributed by atoms with Gasteiger partial charge in [-0.1, -0.05) is 0 Å². The standard InChI is InChI=1S/C16H27NO11/c1-5-8(17-6(2)19)12(9(20)7(4-18)26-5)27-16-11(22)10(21)13(25-3)14(28-16)15(23)24/h5,7-14,16,18,20-22H,4H2,1-3H3,(H,17,19)(H,23,24)/t5-,7?,8?,9+,10+,11?,12+,13-,14?,16+/m0/s1/i5D,12D,13D,16D. The molecule has 0 aliphatic carbocycles. The Labute approximate surface area is 166 Å². The number of carboxylic acids is 1. The molecule has 0 radical (unpaired) electrons. The van der Waals surface area contributed by atoms with Gasteiger partial charge >= 0.3 is 5.97 Å². The summed E-state index contributed by atoms with van der Waals surface area (Å²) in [5.74, 6) is -2.68. The van der Waals surface area contributed by atoms with E-state index in [0.29, 0.717) is 0 Å². The zero-order chi connectivity index (χ0) is 24.9. The van der Waals surface area contributed by atoms with Crippen molar-refractivity contribution in [3.8, 4) is 0 Å². The van der Waals surface area contributed by atoms with Gasteiger partial charge < -0.3 is 49.8 Å². The molecule has 0 bridgehead atoms. The first-order valence-electron chi connectivity index (χ1n) is 10.3. The molecular formula is C16H27NO11. The second kappa shape index (κ2) is 9.41. The fraction of sp³-hybridized carbons (Fsp3) is 0.875. The first-order chi connectivity index (χ1) is 14.5. The summed E-state index contributed by atoms with van der Waals surface area (Å²) in [5, 5.41) is 52.5. The van der Waals surface area contributed by atoms with E-state index in [2.05, 4.69) is 10.1 Å². The predicted octanol–water partition coefficient (Wildman–Crippen LogP) is -3.44. The Bertz CT molecular complexity index is 747. The van der Waals surface area contributed by atoms with Crippen LogP contribution in [0, 0.1) is 0 Å². The predicted molar refractivity (Wildman–Crippen MR) is 89.0 cm³/mol. The highest BCUT2D eigenvalue weighted by atomic mass is 16.7. The minimum atomic E-state index is -3.31. The Morgan fingerprint density at radius 1 is 1.14 bits per heavy atom. The van der Waals surface area contributed by atoms with Gasteiger partial charge in [-0.05, 0) is 6.92 Å². The summed E-state index contributed by atoms with van der Waals surface area (Å²) in [7, 11) is 0.860. The smallest absolute Gasteiger partial charge is 0.335 e. The van der Waals surface area contributed by atoms with Crippen molar-refractivity contribution < 1.29 is 59.6 Å². The number of aliphatic hydroxyl groups excluding tert-OH is 4. The number of carbonyl (C=O) groups is 2. The van der Waals surface area contributed by atoms with Crippen molar-refractivity contribution in [1.82, 2.24) is 5.32 Å². The number of aliphatic carboxylic acids is 1. The minimum Gasteiger partial charge on any atom is -0.479 e. The fourth-order valence-corrected chi connectivity index (χ4v) is 2.84. The van der Waals surface area contributed by atoms with E-state index < -0.39 is 79.6 Å². The largest absolute Gasteiger partial charge is 0.479 e. The van der Waals surface area contributed by atoms with Crippen LogP contribution in [-0.2, 0) is 28.5 Å². The molecule has 6 N–H and O–H groups in total. The Kier molecular flexibility index (Phi) is 5.87. The maximum atomic E-state index is 11.7. The van der Waals surface area contributed by atoms with Gasteiger partial charge in [-0.25, -0.2) is 4.79 Å². The first-order valence-corrected chi connectivity index (χ1v) is 8.26. The molecular weight excluding hydrogens is 382 g/mol. The monoisotopic (exact) mass is 413 g/mol. The van der Waals surface area contributed by atoms with Gasteiger partial charge in [0.1, 0.15) is 36.6 Å². The van der Waals surface area contributed by atoms with E-state index in [-0.39, 0.29) is 0 Å². The molecule has 1 amide bonds. The topological polar surface area (TPSA) is 184 Å². The third-order valence-electron chi connectivity index (χ3n) is 4.20. The quantitative estimate of drug-likeness (QED) is 0.255. The number of hydrogen-bond donors (Lipinski definition) is 6. The Hall–Kier alpha value is -1.38. The van der Waals surface area contributed by atoms with Gasteiger partial charge in [0.15, 0.2) is 12.4 Å². The summed E-state index contributed by atoms with van der Waals surface area (Å²) < 4.78 is 53.4. The lowest BCUT2D eigenvalue weighted by Gasteiger charge is -2.47. The van der Waals surface area contributed by atoms with Crippen LogP contribution in [0.4, 0.5) is 0 Å². The van der Waals surface area contributed by atoms with Crippen molar-refractivity contribution in [2.75, 3.05) is 13.7 Å². The SMILES string of the molecule is [2H][C@@]1(O[C@]2([2H])C(NC(C)=O)[C@]([2H])(C)OC(CO)[C@H]2O)OC(C(=O)O)[C@@]([2H])(OC)[C@H](O)C1O. The second-order valence-electron chi connectivity index (χ2n) is 6.18. The molecule has 2 saturated heterocycles. The van der Waals surface area contributed by atoms with Gasteiger partial charge in [0.05, 0.1) is 24.2 Å². The Balaban J connectivity index is 2.57. The molecule has 2 aliphatic rings. The Morgan fingerprint density at radius 2 is 1.79 bits per heavy atom. The van der Waals surface area contributed by atoms with E-state index >= 15 is 0 Å². The van der Waals surface area contributed by atoms with Crippen molar-refractivity contribution in [2.24, 2.45) is 0 Å². The van der Waals surface area contributed by atoms with Crippen LogP contribution >= 0.6 is 0 Å². The summed E-state index contributed by atoms with van der Waals surface area (Å²) >= 11 is 0. The molecule has 2 fully saturated rings. The van der Waals surface area contributed by atoms with Crippen LogP contribution in [0.3, 0.4) is 0 Å². The number of ether oxygens (including phenoxy) is 4. The summed E-state index contributed by atoms with van der Waals surface area (Å²) in [6.45, 7) is 1.17. The number of rotatable bonds is 6. The first kappa shape index (κ1) is 17.5. The lowest BCUT2D eigenvalue weighted by molar-refractivity contribution is -0.327. The number of methoxy groups -OCH3 is 1. The maximum Gasteiger partial charge on any atom is 0.335 e. The Morgan fingerprint density at radius 3 is 2.29 bits per heavy atom. The van der Waals surface area contributed by atoms with Crippen LogP contribution in [0.25, 0.3) is 0 Å². The highest BCUT2D eigenvalue weighted by Gasteiger charge is 2.52. The third kappa shape index (κ3) is 4.60. The van der Waals surface area contributed by atoms with E-state index in [1.807, 2.05) is 0 Å². The molecule has 4 unspecified atom stereocenters. The molecule has 2 heterocycles. The molecule has 0 aromatic carbocycles. The molecule has 0 spiro atoms. The van der Waals surface area contributed by atoms with E-state index in [1.165, 1.54) is 0 Å². The highest BCUT2D eigenvalue weighted by Crippen LogP contribution is 2.30. The van der Waals surface area contributed by atoms with Gasteiger partial charge in [0, 0.05) is 14.0 Å². The molecule has 0 saturated carbocycles. The van der Waals surface area contributed by atoms with E-state index in [1.54, 1.807) is 0 Å². The molecule has 28 heavy (non-hydrogen) atoms. The van der Waals surface area contributed by atoms with Crippen LogP contribution in [-0.4, -0.2) is 112 Å². The lowest BCUT2D eigenvalue weighted by Crippen LogP contribution is -2.67. The maximum absolute atomic E-state index is 11.7. The fourth-order valence-electron chi connectivity index (χ4n) is 2.84. The van der Waals surface area contributed by atoms with Gasteiger partial charge in [-0.2, -0.15) is 0 Å². The molecule has 0 aromatic rings. The highest BCUT2D eigenvalue weighted by molar-refractivity contribution is 5.73. The van der Waals surface area contributed by atoms with Crippen LogP contribution < -0.4 is 5.32 Å². The molecule has 10 atom stereocenters. The molecule has 2 rings (SSSR count). The molecule has 2 aliphatic heterocycles. The van der Waals surface area contributed by atoms with Crippen LogP contribution in [0.1, 0.15) is 19.3 Å². The molecule has 12 nitrogen and oxygen atoms in total. The zero-order valence-corrected chi connectivity index (χ0v) is 15.4. The van der Waals surface area contributed by atoms with Crippen molar-refractivity contribution in [2.45, 2.75) is 74.9 Å². The number of hydrogen-bond acceptors (Lipinski definition) is 10. The van der Waals surface area contributed by atoms with Crippen LogP contribution in [0.2, 0.25) is 0 Å². The normalized spacial score (nSPS) is 56.7. The third-order valence-corrected chi connectivity index (χ3v) is 4.20. The van der Waals surface area contributed by atoms with Crippen molar-refractivity contribution in [1.29, 1.82) is 0 Å².